The second kappa shape index (κ2) is 10.8. The standard InChI is InChI=1S/C25H32O4/c1-19(2)17-25(18-20(3)4,29-24(27)22-13-9-6-10-14-22)15-16-28-23(26)21-11-7-5-8-12-21/h5-14,19-20H,15-18H2,1-4H3. The maximum absolute atomic E-state index is 12.8. The van der Waals surface area contributed by atoms with Crippen molar-refractivity contribution in [2.24, 2.45) is 11.8 Å². The van der Waals surface area contributed by atoms with E-state index in [0.717, 1.165) is 0 Å². The fraction of sp³-hybridized carbons (Fsp3) is 0.440. The van der Waals surface area contributed by atoms with E-state index in [9.17, 15) is 9.59 Å². The number of rotatable bonds is 10. The van der Waals surface area contributed by atoms with Crippen molar-refractivity contribution in [3.63, 3.8) is 0 Å². The number of hydrogen-bond acceptors (Lipinski definition) is 4. The first-order valence-electron chi connectivity index (χ1n) is 10.3. The van der Waals surface area contributed by atoms with Crippen LogP contribution in [0, 0.1) is 11.8 Å². The van der Waals surface area contributed by atoms with Gasteiger partial charge in [0.1, 0.15) is 5.60 Å². The van der Waals surface area contributed by atoms with Gasteiger partial charge < -0.3 is 9.47 Å². The summed E-state index contributed by atoms with van der Waals surface area (Å²) in [7, 11) is 0. The molecule has 0 atom stereocenters. The summed E-state index contributed by atoms with van der Waals surface area (Å²) in [4.78, 5) is 25.1. The Morgan fingerprint density at radius 1 is 0.759 bits per heavy atom. The molecule has 0 N–H and O–H groups in total. The number of esters is 2. The first-order chi connectivity index (χ1) is 13.8. The summed E-state index contributed by atoms with van der Waals surface area (Å²) in [6.45, 7) is 8.65. The van der Waals surface area contributed by atoms with Gasteiger partial charge in [-0.05, 0) is 48.9 Å². The maximum Gasteiger partial charge on any atom is 0.338 e. The molecule has 0 aromatic heterocycles. The van der Waals surface area contributed by atoms with E-state index in [1.165, 1.54) is 0 Å². The van der Waals surface area contributed by atoms with Gasteiger partial charge in [-0.15, -0.1) is 0 Å². The van der Waals surface area contributed by atoms with E-state index in [0.29, 0.717) is 42.2 Å². The molecule has 0 saturated carbocycles. The zero-order valence-electron chi connectivity index (χ0n) is 17.9. The third-order valence-electron chi connectivity index (χ3n) is 4.68. The molecular weight excluding hydrogens is 364 g/mol. The summed E-state index contributed by atoms with van der Waals surface area (Å²) in [6.07, 6.45) is 1.90. The number of ether oxygens (including phenoxy) is 2. The lowest BCUT2D eigenvalue weighted by atomic mass is 9.82. The smallest absolute Gasteiger partial charge is 0.338 e. The van der Waals surface area contributed by atoms with Crippen LogP contribution in [0.5, 0.6) is 0 Å². The summed E-state index contributed by atoms with van der Waals surface area (Å²) >= 11 is 0. The second-order valence-corrected chi connectivity index (χ2v) is 8.39. The van der Waals surface area contributed by atoms with Gasteiger partial charge in [0.05, 0.1) is 17.7 Å². The van der Waals surface area contributed by atoms with Crippen molar-refractivity contribution in [3.05, 3.63) is 71.8 Å². The van der Waals surface area contributed by atoms with E-state index in [4.69, 9.17) is 9.47 Å². The Morgan fingerprint density at radius 3 is 1.66 bits per heavy atom. The quantitative estimate of drug-likeness (QED) is 0.468. The summed E-state index contributed by atoms with van der Waals surface area (Å²) in [5.74, 6) is -0.0198. The summed E-state index contributed by atoms with van der Waals surface area (Å²) < 4.78 is 11.6. The Kier molecular flexibility index (Phi) is 8.44. The molecule has 0 spiro atoms. The van der Waals surface area contributed by atoms with Gasteiger partial charge in [-0.2, -0.15) is 0 Å². The first-order valence-corrected chi connectivity index (χ1v) is 10.3. The molecule has 156 valence electrons. The minimum atomic E-state index is -0.674. The number of hydrogen-bond donors (Lipinski definition) is 0. The molecule has 29 heavy (non-hydrogen) atoms. The maximum atomic E-state index is 12.8. The van der Waals surface area contributed by atoms with Crippen LogP contribution in [0.2, 0.25) is 0 Å². The van der Waals surface area contributed by atoms with Crippen LogP contribution < -0.4 is 0 Å². The number of carbonyl (C=O) groups excluding carboxylic acids is 2. The monoisotopic (exact) mass is 396 g/mol. The SMILES string of the molecule is CC(C)CC(CCOC(=O)c1ccccc1)(CC(C)C)OC(=O)c1ccccc1. The van der Waals surface area contributed by atoms with Crippen LogP contribution in [0.15, 0.2) is 60.7 Å². The molecule has 2 aromatic rings. The third-order valence-corrected chi connectivity index (χ3v) is 4.68. The summed E-state index contributed by atoms with van der Waals surface area (Å²) in [6, 6.07) is 18.0. The van der Waals surface area contributed by atoms with Crippen molar-refractivity contribution in [3.8, 4) is 0 Å². The van der Waals surface area contributed by atoms with Gasteiger partial charge in [0.25, 0.3) is 0 Å². The highest BCUT2D eigenvalue weighted by Gasteiger charge is 2.36. The molecule has 4 heteroatoms. The Balaban J connectivity index is 2.13. The molecule has 0 aliphatic rings. The minimum Gasteiger partial charge on any atom is -0.462 e. The highest BCUT2D eigenvalue weighted by atomic mass is 16.6. The number of carbonyl (C=O) groups is 2. The Labute approximate surface area is 174 Å². The fourth-order valence-corrected chi connectivity index (χ4v) is 3.73. The zero-order chi connectivity index (χ0) is 21.3. The highest BCUT2D eigenvalue weighted by Crippen LogP contribution is 2.33. The van der Waals surface area contributed by atoms with Crippen molar-refractivity contribution in [2.75, 3.05) is 6.61 Å². The van der Waals surface area contributed by atoms with Gasteiger partial charge in [0.2, 0.25) is 0 Å². The molecule has 0 saturated heterocycles. The van der Waals surface area contributed by atoms with E-state index in [-0.39, 0.29) is 18.5 Å². The van der Waals surface area contributed by atoms with Crippen molar-refractivity contribution in [2.45, 2.75) is 52.6 Å². The van der Waals surface area contributed by atoms with Gasteiger partial charge in [0.15, 0.2) is 0 Å². The van der Waals surface area contributed by atoms with Crippen LogP contribution in [0.4, 0.5) is 0 Å². The molecule has 0 aliphatic heterocycles. The van der Waals surface area contributed by atoms with Gasteiger partial charge >= 0.3 is 11.9 Å². The van der Waals surface area contributed by atoms with Gasteiger partial charge in [0, 0.05) is 6.42 Å². The Bertz CT molecular complexity index is 756. The van der Waals surface area contributed by atoms with Crippen LogP contribution >= 0.6 is 0 Å². The average Bonchev–Trinajstić information content (AvgIpc) is 2.68. The summed E-state index contributed by atoms with van der Waals surface area (Å²) in [5, 5.41) is 0. The third kappa shape index (κ3) is 7.37. The fourth-order valence-electron chi connectivity index (χ4n) is 3.73. The largest absolute Gasteiger partial charge is 0.462 e. The van der Waals surface area contributed by atoms with E-state index in [1.807, 2.05) is 24.3 Å². The van der Waals surface area contributed by atoms with Gasteiger partial charge in [-0.3, -0.25) is 0 Å². The molecule has 4 nitrogen and oxygen atoms in total. The molecule has 0 bridgehead atoms. The molecule has 0 fully saturated rings. The topological polar surface area (TPSA) is 52.6 Å². The van der Waals surface area contributed by atoms with Gasteiger partial charge in [-0.25, -0.2) is 9.59 Å². The minimum absolute atomic E-state index is 0.204. The molecule has 2 aromatic carbocycles. The molecular formula is C25H32O4. The van der Waals surface area contributed by atoms with E-state index < -0.39 is 5.60 Å². The van der Waals surface area contributed by atoms with Crippen LogP contribution in [0.3, 0.4) is 0 Å². The van der Waals surface area contributed by atoms with Crippen molar-refractivity contribution in [1.82, 2.24) is 0 Å². The molecule has 0 heterocycles. The first kappa shape index (κ1) is 22.7. The molecule has 2 rings (SSSR count). The van der Waals surface area contributed by atoms with Crippen LogP contribution in [0.25, 0.3) is 0 Å². The predicted octanol–water partition coefficient (Wildman–Crippen LogP) is 5.92. The highest BCUT2D eigenvalue weighted by molar-refractivity contribution is 5.90. The van der Waals surface area contributed by atoms with E-state index >= 15 is 0 Å². The molecule has 0 radical (unpaired) electrons. The predicted molar refractivity (Wildman–Crippen MR) is 115 cm³/mol. The van der Waals surface area contributed by atoms with Crippen LogP contribution in [-0.2, 0) is 9.47 Å². The average molecular weight is 397 g/mol. The lowest BCUT2D eigenvalue weighted by Gasteiger charge is -2.36. The normalized spacial score (nSPS) is 11.5. The van der Waals surface area contributed by atoms with Crippen molar-refractivity contribution >= 4 is 11.9 Å². The molecule has 0 unspecified atom stereocenters. The van der Waals surface area contributed by atoms with Crippen LogP contribution in [-0.4, -0.2) is 24.1 Å². The molecule has 0 aliphatic carbocycles. The van der Waals surface area contributed by atoms with E-state index in [2.05, 4.69) is 27.7 Å². The van der Waals surface area contributed by atoms with Gasteiger partial charge in [-0.1, -0.05) is 64.1 Å². The number of benzene rings is 2. The van der Waals surface area contributed by atoms with Crippen LogP contribution in [0.1, 0.15) is 67.7 Å². The summed E-state index contributed by atoms with van der Waals surface area (Å²) in [5.41, 5.74) is 0.379. The lowest BCUT2D eigenvalue weighted by molar-refractivity contribution is -0.0531. The lowest BCUT2D eigenvalue weighted by Crippen LogP contribution is -2.39. The van der Waals surface area contributed by atoms with Crippen molar-refractivity contribution in [1.29, 1.82) is 0 Å². The zero-order valence-corrected chi connectivity index (χ0v) is 17.9. The second-order valence-electron chi connectivity index (χ2n) is 8.39. The van der Waals surface area contributed by atoms with Crippen molar-refractivity contribution < 1.29 is 19.1 Å². The Morgan fingerprint density at radius 2 is 1.21 bits per heavy atom. The van der Waals surface area contributed by atoms with E-state index in [1.54, 1.807) is 36.4 Å². The molecule has 0 amide bonds. The Hall–Kier alpha value is -2.62.